The summed E-state index contributed by atoms with van der Waals surface area (Å²) in [6.45, 7) is 0. The predicted octanol–water partition coefficient (Wildman–Crippen LogP) is 4.68. The highest BCUT2D eigenvalue weighted by molar-refractivity contribution is 6.04. The Balaban J connectivity index is 1.30. The molecule has 0 atom stereocenters. The van der Waals surface area contributed by atoms with E-state index in [2.05, 4.69) is 15.4 Å². The third-order valence-corrected chi connectivity index (χ3v) is 7.54. The first kappa shape index (κ1) is 26.3. The Bertz CT molecular complexity index is 1830. The number of pyridine rings is 1. The van der Waals surface area contributed by atoms with E-state index in [0.717, 1.165) is 18.5 Å². The number of hydrogen-bond donors (Lipinski definition) is 3. The molecular formula is C30H26F2N6O3. The lowest BCUT2D eigenvalue weighted by Crippen LogP contribution is -2.27. The van der Waals surface area contributed by atoms with Crippen LogP contribution in [-0.2, 0) is 0 Å². The van der Waals surface area contributed by atoms with E-state index in [-0.39, 0.29) is 34.7 Å². The third-order valence-electron chi connectivity index (χ3n) is 7.54. The van der Waals surface area contributed by atoms with Crippen molar-refractivity contribution in [3.63, 3.8) is 0 Å². The average Bonchev–Trinajstić information content (AvgIpc) is 3.35. The van der Waals surface area contributed by atoms with Gasteiger partial charge < -0.3 is 16.2 Å². The van der Waals surface area contributed by atoms with E-state index in [1.54, 1.807) is 4.52 Å². The Hall–Kier alpha value is -4.90. The topological polar surface area (TPSA) is 128 Å². The minimum absolute atomic E-state index is 0.125. The number of halogens is 2. The Morgan fingerprint density at radius 2 is 1.76 bits per heavy atom. The van der Waals surface area contributed by atoms with E-state index in [1.165, 1.54) is 71.7 Å². The maximum absolute atomic E-state index is 15.6. The van der Waals surface area contributed by atoms with E-state index in [1.807, 2.05) is 6.07 Å². The number of aromatic nitrogens is 4. The van der Waals surface area contributed by atoms with Gasteiger partial charge in [-0.05, 0) is 86.3 Å². The minimum Gasteiger partial charge on any atom is -0.393 e. The molecule has 1 amide bonds. The molecule has 5 aromatic rings. The van der Waals surface area contributed by atoms with Gasteiger partial charge in [0.05, 0.1) is 6.10 Å². The average molecular weight is 557 g/mol. The van der Waals surface area contributed by atoms with Crippen molar-refractivity contribution < 1.29 is 18.7 Å². The first-order chi connectivity index (χ1) is 19.8. The molecule has 11 heteroatoms. The lowest BCUT2D eigenvalue weighted by atomic mass is 9.85. The molecule has 4 N–H and O–H groups in total. The molecule has 9 nitrogen and oxygen atoms in total. The number of nitrogens with two attached hydrogens (primary N) is 1. The molecule has 0 radical (unpaired) electrons. The number of carbonyl (C=O) groups excluding carboxylic acids is 1. The molecule has 1 aliphatic rings. The van der Waals surface area contributed by atoms with Gasteiger partial charge in [-0.25, -0.2) is 18.3 Å². The maximum Gasteiger partial charge on any atom is 0.267 e. The van der Waals surface area contributed by atoms with E-state index in [4.69, 9.17) is 5.73 Å². The minimum atomic E-state index is -0.715. The third kappa shape index (κ3) is 4.95. The molecule has 208 valence electrons. The van der Waals surface area contributed by atoms with Crippen LogP contribution < -0.4 is 16.6 Å². The number of anilines is 2. The summed E-state index contributed by atoms with van der Waals surface area (Å²) >= 11 is 0. The fourth-order valence-corrected chi connectivity index (χ4v) is 5.44. The van der Waals surface area contributed by atoms with Gasteiger partial charge in [0.15, 0.2) is 5.82 Å². The summed E-state index contributed by atoms with van der Waals surface area (Å²) in [6.07, 6.45) is 5.40. The molecule has 0 saturated heterocycles. The molecule has 0 aliphatic heterocycles. The van der Waals surface area contributed by atoms with Gasteiger partial charge in [-0.15, -0.1) is 0 Å². The van der Waals surface area contributed by atoms with Crippen LogP contribution >= 0.6 is 0 Å². The molecule has 0 bridgehead atoms. The first-order valence-corrected chi connectivity index (χ1v) is 13.2. The van der Waals surface area contributed by atoms with Crippen molar-refractivity contribution in [3.8, 4) is 16.8 Å². The van der Waals surface area contributed by atoms with Crippen LogP contribution in [-0.4, -0.2) is 36.3 Å². The number of benzene rings is 2. The van der Waals surface area contributed by atoms with Gasteiger partial charge in [0.25, 0.3) is 11.5 Å². The summed E-state index contributed by atoms with van der Waals surface area (Å²) in [5, 5.41) is 16.9. The second kappa shape index (κ2) is 10.6. The molecular weight excluding hydrogens is 530 g/mol. The van der Waals surface area contributed by atoms with Gasteiger partial charge in [0.2, 0.25) is 0 Å². The fraction of sp³-hybridized carbons (Fsp3) is 0.200. The largest absolute Gasteiger partial charge is 0.393 e. The van der Waals surface area contributed by atoms with Crippen LogP contribution in [0.1, 0.15) is 47.7 Å². The number of nitrogen functional groups attached to an aromatic ring is 1. The number of hydrogen-bond acceptors (Lipinski definition) is 6. The molecule has 41 heavy (non-hydrogen) atoms. The monoisotopic (exact) mass is 556 g/mol. The van der Waals surface area contributed by atoms with Crippen LogP contribution in [0.15, 0.2) is 78.0 Å². The smallest absolute Gasteiger partial charge is 0.267 e. The zero-order valence-corrected chi connectivity index (χ0v) is 21.8. The number of amides is 1. The Labute approximate surface area is 232 Å². The Morgan fingerprint density at radius 3 is 2.49 bits per heavy atom. The van der Waals surface area contributed by atoms with Crippen LogP contribution in [0.3, 0.4) is 0 Å². The van der Waals surface area contributed by atoms with Gasteiger partial charge in [0.1, 0.15) is 29.0 Å². The van der Waals surface area contributed by atoms with E-state index >= 15 is 4.39 Å². The zero-order chi connectivity index (χ0) is 28.7. The number of nitrogens with zero attached hydrogens (tertiary/aromatic N) is 4. The highest BCUT2D eigenvalue weighted by Crippen LogP contribution is 2.39. The van der Waals surface area contributed by atoms with Crippen LogP contribution in [0.2, 0.25) is 0 Å². The maximum atomic E-state index is 15.6. The zero-order valence-electron chi connectivity index (χ0n) is 21.8. The van der Waals surface area contributed by atoms with Crippen molar-refractivity contribution in [2.75, 3.05) is 11.1 Å². The molecule has 3 heterocycles. The van der Waals surface area contributed by atoms with E-state index in [9.17, 15) is 19.1 Å². The molecule has 0 spiro atoms. The van der Waals surface area contributed by atoms with Gasteiger partial charge in [-0.1, -0.05) is 0 Å². The first-order valence-electron chi connectivity index (χ1n) is 13.2. The van der Waals surface area contributed by atoms with Crippen LogP contribution in [0.4, 0.5) is 20.3 Å². The van der Waals surface area contributed by atoms with Crippen molar-refractivity contribution in [3.05, 3.63) is 106 Å². The number of carbonyl (C=O) groups is 1. The van der Waals surface area contributed by atoms with Crippen molar-refractivity contribution in [1.82, 2.24) is 19.2 Å². The number of fused-ring (bicyclic) bond motifs is 1. The van der Waals surface area contributed by atoms with E-state index < -0.39 is 23.1 Å². The Kier molecular flexibility index (Phi) is 6.80. The predicted molar refractivity (Wildman–Crippen MR) is 150 cm³/mol. The molecule has 1 fully saturated rings. The molecule has 6 rings (SSSR count). The molecule has 1 aliphatic carbocycles. The standard InChI is InChI=1S/C30H26F2N6O3/c31-18-5-8-20(9-6-18)37-13-1-2-23(30(37)41)29(40)36-19-7-12-22(25(32)14-19)24-15-26(17-3-10-21(39)11-4-17)38-27(24)28(33)34-16-35-38/h1-2,5-9,12-17,21,39H,3-4,10-11H2,(H,36,40)(H2,33,34,35). The number of nitrogens with one attached hydrogen (secondary N) is 1. The summed E-state index contributed by atoms with van der Waals surface area (Å²) in [7, 11) is 0. The molecule has 2 aromatic carbocycles. The van der Waals surface area contributed by atoms with Gasteiger partial charge in [-0.3, -0.25) is 14.2 Å². The lowest BCUT2D eigenvalue weighted by molar-refractivity contribution is 0.102. The van der Waals surface area contributed by atoms with Crippen LogP contribution in [0, 0.1) is 11.6 Å². The van der Waals surface area contributed by atoms with Crippen molar-refractivity contribution in [2.24, 2.45) is 0 Å². The summed E-state index contributed by atoms with van der Waals surface area (Å²) in [5.74, 6) is -1.45. The van der Waals surface area contributed by atoms with Gasteiger partial charge in [-0.2, -0.15) is 5.10 Å². The number of aliphatic hydroxyl groups excluding tert-OH is 1. The van der Waals surface area contributed by atoms with Gasteiger partial charge >= 0.3 is 0 Å². The second-order valence-electron chi connectivity index (χ2n) is 10.1. The highest BCUT2D eigenvalue weighted by atomic mass is 19.1. The van der Waals surface area contributed by atoms with Crippen molar-refractivity contribution >= 4 is 22.9 Å². The molecule has 3 aromatic heterocycles. The van der Waals surface area contributed by atoms with Crippen LogP contribution in [0.25, 0.3) is 22.3 Å². The second-order valence-corrected chi connectivity index (χ2v) is 10.1. The van der Waals surface area contributed by atoms with E-state index in [0.29, 0.717) is 29.6 Å². The fourth-order valence-electron chi connectivity index (χ4n) is 5.44. The number of aliphatic hydroxyl groups is 1. The van der Waals surface area contributed by atoms with Crippen molar-refractivity contribution in [1.29, 1.82) is 0 Å². The Morgan fingerprint density at radius 1 is 1.00 bits per heavy atom. The summed E-state index contributed by atoms with van der Waals surface area (Å²) < 4.78 is 31.8. The summed E-state index contributed by atoms with van der Waals surface area (Å²) in [6, 6.07) is 14.3. The van der Waals surface area contributed by atoms with Crippen molar-refractivity contribution in [2.45, 2.75) is 37.7 Å². The highest BCUT2D eigenvalue weighted by Gasteiger charge is 2.27. The molecule has 1 saturated carbocycles. The quantitative estimate of drug-likeness (QED) is 0.289. The molecule has 0 unspecified atom stereocenters. The van der Waals surface area contributed by atoms with Crippen LogP contribution in [0.5, 0.6) is 0 Å². The van der Waals surface area contributed by atoms with Gasteiger partial charge in [0, 0.05) is 40.3 Å². The normalized spacial score (nSPS) is 17.0. The SMILES string of the molecule is Nc1ncnn2c(C3CCC(O)CC3)cc(-c3ccc(NC(=O)c4cccn(-c5ccc(F)cc5)c4=O)cc3F)c12. The summed E-state index contributed by atoms with van der Waals surface area (Å²) in [5.41, 5.74) is 8.11. The summed E-state index contributed by atoms with van der Waals surface area (Å²) in [4.78, 5) is 30.1. The number of rotatable bonds is 5. The lowest BCUT2D eigenvalue weighted by Gasteiger charge is -2.24.